The van der Waals surface area contributed by atoms with E-state index in [1.807, 2.05) is 0 Å². The van der Waals surface area contributed by atoms with Crippen LogP contribution in [0.5, 0.6) is 0 Å². The topological polar surface area (TPSA) is 59.8 Å². The number of aromatic nitrogens is 3. The molecule has 1 aromatic carbocycles. The lowest BCUT2D eigenvalue weighted by molar-refractivity contribution is -0.137. The Kier molecular flexibility index (Phi) is 4.75. The van der Waals surface area contributed by atoms with E-state index in [0.29, 0.717) is 11.4 Å². The SMILES string of the molecule is Cn1nc(-c2ccncc2)cc1CNC(=O)c1ccccc1C(F)(F)F. The first-order valence-electron chi connectivity index (χ1n) is 7.74. The van der Waals surface area contributed by atoms with Crippen LogP contribution in [0, 0.1) is 0 Å². The van der Waals surface area contributed by atoms with Gasteiger partial charge in [-0.25, -0.2) is 0 Å². The number of aryl methyl sites for hydroxylation is 1. The Hall–Kier alpha value is -3.16. The van der Waals surface area contributed by atoms with E-state index in [4.69, 9.17) is 0 Å². The molecule has 134 valence electrons. The van der Waals surface area contributed by atoms with E-state index in [2.05, 4.69) is 15.4 Å². The molecule has 1 amide bonds. The molecular weight excluding hydrogens is 345 g/mol. The summed E-state index contributed by atoms with van der Waals surface area (Å²) in [5.41, 5.74) is 0.844. The number of hydrogen-bond donors (Lipinski definition) is 1. The number of nitrogens with zero attached hydrogens (tertiary/aromatic N) is 3. The van der Waals surface area contributed by atoms with Crippen molar-refractivity contribution in [3.8, 4) is 11.3 Å². The maximum Gasteiger partial charge on any atom is 0.417 e. The Labute approximate surface area is 147 Å². The molecule has 2 heterocycles. The third-order valence-corrected chi connectivity index (χ3v) is 3.86. The molecule has 0 aliphatic carbocycles. The lowest BCUT2D eigenvalue weighted by Gasteiger charge is -2.12. The van der Waals surface area contributed by atoms with Crippen LogP contribution < -0.4 is 5.32 Å². The Bertz CT molecular complexity index is 920. The molecule has 8 heteroatoms. The van der Waals surface area contributed by atoms with Crippen LogP contribution in [0.25, 0.3) is 11.3 Å². The normalized spacial score (nSPS) is 11.4. The number of carbonyl (C=O) groups is 1. The van der Waals surface area contributed by atoms with Gasteiger partial charge in [0.1, 0.15) is 0 Å². The molecule has 0 saturated heterocycles. The molecule has 0 radical (unpaired) electrons. The smallest absolute Gasteiger partial charge is 0.346 e. The highest BCUT2D eigenvalue weighted by Gasteiger charge is 2.34. The molecule has 0 fully saturated rings. The summed E-state index contributed by atoms with van der Waals surface area (Å²) < 4.78 is 40.7. The van der Waals surface area contributed by atoms with Crippen molar-refractivity contribution in [2.24, 2.45) is 7.05 Å². The standard InChI is InChI=1S/C18H15F3N4O/c1-25-13(10-16(24-25)12-6-8-22-9-7-12)11-23-17(26)14-4-2-3-5-15(14)18(19,20)21/h2-10H,11H2,1H3,(H,23,26). The molecule has 0 saturated carbocycles. The minimum absolute atomic E-state index is 0.0552. The summed E-state index contributed by atoms with van der Waals surface area (Å²) in [5.74, 6) is -0.787. The molecule has 1 N–H and O–H groups in total. The quantitative estimate of drug-likeness (QED) is 0.775. The predicted molar refractivity (Wildman–Crippen MR) is 89.1 cm³/mol. The highest BCUT2D eigenvalue weighted by molar-refractivity contribution is 5.95. The van der Waals surface area contributed by atoms with E-state index in [1.54, 1.807) is 42.3 Å². The van der Waals surface area contributed by atoms with Crippen molar-refractivity contribution < 1.29 is 18.0 Å². The maximum atomic E-state index is 13.0. The second kappa shape index (κ2) is 6.99. The van der Waals surface area contributed by atoms with Crippen LogP contribution in [0.2, 0.25) is 0 Å². The van der Waals surface area contributed by atoms with Crippen molar-refractivity contribution in [1.29, 1.82) is 0 Å². The summed E-state index contributed by atoms with van der Waals surface area (Å²) in [7, 11) is 1.70. The van der Waals surface area contributed by atoms with Crippen LogP contribution in [0.15, 0.2) is 54.9 Å². The first kappa shape index (κ1) is 17.7. The summed E-state index contributed by atoms with van der Waals surface area (Å²) in [6, 6.07) is 10.1. The van der Waals surface area contributed by atoms with E-state index >= 15 is 0 Å². The number of rotatable bonds is 4. The molecule has 3 aromatic rings. The summed E-state index contributed by atoms with van der Waals surface area (Å²) in [4.78, 5) is 16.2. The van der Waals surface area contributed by atoms with Crippen LogP contribution in [-0.4, -0.2) is 20.7 Å². The van der Waals surface area contributed by atoms with E-state index in [1.165, 1.54) is 12.1 Å². The molecule has 2 aromatic heterocycles. The van der Waals surface area contributed by atoms with E-state index < -0.39 is 23.2 Å². The number of benzene rings is 1. The highest BCUT2D eigenvalue weighted by atomic mass is 19.4. The van der Waals surface area contributed by atoms with Gasteiger partial charge >= 0.3 is 6.18 Å². The van der Waals surface area contributed by atoms with Gasteiger partial charge in [0.2, 0.25) is 0 Å². The van der Waals surface area contributed by atoms with Crippen molar-refractivity contribution in [2.45, 2.75) is 12.7 Å². The van der Waals surface area contributed by atoms with Crippen molar-refractivity contribution in [3.63, 3.8) is 0 Å². The fraction of sp³-hybridized carbons (Fsp3) is 0.167. The van der Waals surface area contributed by atoms with Gasteiger partial charge in [-0.05, 0) is 30.3 Å². The van der Waals surface area contributed by atoms with Gasteiger partial charge in [0.25, 0.3) is 5.91 Å². The summed E-state index contributed by atoms with van der Waals surface area (Å²) in [6.45, 7) is 0.0552. The first-order chi connectivity index (χ1) is 12.4. The average molecular weight is 360 g/mol. The maximum absolute atomic E-state index is 13.0. The zero-order chi connectivity index (χ0) is 18.7. The lowest BCUT2D eigenvalue weighted by Crippen LogP contribution is -2.26. The Morgan fingerprint density at radius 1 is 1.15 bits per heavy atom. The van der Waals surface area contributed by atoms with Gasteiger partial charge in [-0.3, -0.25) is 14.5 Å². The van der Waals surface area contributed by atoms with Gasteiger partial charge < -0.3 is 5.32 Å². The molecule has 3 rings (SSSR count). The highest BCUT2D eigenvalue weighted by Crippen LogP contribution is 2.31. The Balaban J connectivity index is 1.76. The second-order valence-electron chi connectivity index (χ2n) is 5.61. The summed E-state index contributed by atoms with van der Waals surface area (Å²) >= 11 is 0. The fourth-order valence-electron chi connectivity index (χ4n) is 2.53. The summed E-state index contributed by atoms with van der Waals surface area (Å²) in [5, 5.41) is 6.87. The van der Waals surface area contributed by atoms with Gasteiger partial charge in [-0.1, -0.05) is 12.1 Å². The molecule has 0 bridgehead atoms. The van der Waals surface area contributed by atoms with Gasteiger partial charge in [0.15, 0.2) is 0 Å². The Morgan fingerprint density at radius 3 is 2.54 bits per heavy atom. The van der Waals surface area contributed by atoms with Crippen LogP contribution in [0.4, 0.5) is 13.2 Å². The van der Waals surface area contributed by atoms with Crippen LogP contribution in [0.1, 0.15) is 21.6 Å². The van der Waals surface area contributed by atoms with E-state index in [9.17, 15) is 18.0 Å². The van der Waals surface area contributed by atoms with Crippen molar-refractivity contribution >= 4 is 5.91 Å². The van der Waals surface area contributed by atoms with Gasteiger partial charge in [-0.2, -0.15) is 18.3 Å². The van der Waals surface area contributed by atoms with Gasteiger partial charge in [0.05, 0.1) is 29.1 Å². The molecule has 26 heavy (non-hydrogen) atoms. The van der Waals surface area contributed by atoms with Crippen LogP contribution in [0.3, 0.4) is 0 Å². The number of alkyl halides is 3. The average Bonchev–Trinajstić information content (AvgIpc) is 3.00. The van der Waals surface area contributed by atoms with Gasteiger partial charge in [-0.15, -0.1) is 0 Å². The molecule has 5 nitrogen and oxygen atoms in total. The number of hydrogen-bond acceptors (Lipinski definition) is 3. The summed E-state index contributed by atoms with van der Waals surface area (Å²) in [6.07, 6.45) is -1.31. The van der Waals surface area contributed by atoms with Crippen LogP contribution >= 0.6 is 0 Å². The third kappa shape index (κ3) is 3.74. The van der Waals surface area contributed by atoms with Crippen molar-refractivity contribution in [2.75, 3.05) is 0 Å². The predicted octanol–water partition coefficient (Wildman–Crippen LogP) is 3.43. The molecular formula is C18H15F3N4O. The molecule has 0 atom stereocenters. The first-order valence-corrected chi connectivity index (χ1v) is 7.74. The number of carbonyl (C=O) groups excluding carboxylic acids is 1. The molecule has 0 unspecified atom stereocenters. The minimum Gasteiger partial charge on any atom is -0.346 e. The minimum atomic E-state index is -4.59. The van der Waals surface area contributed by atoms with Gasteiger partial charge in [0, 0.05) is 25.0 Å². The third-order valence-electron chi connectivity index (χ3n) is 3.86. The second-order valence-corrected chi connectivity index (χ2v) is 5.61. The number of halogens is 3. The molecule has 0 aliphatic rings. The molecule has 0 aliphatic heterocycles. The fourth-order valence-corrected chi connectivity index (χ4v) is 2.53. The number of nitrogens with one attached hydrogen (secondary N) is 1. The van der Waals surface area contributed by atoms with Crippen molar-refractivity contribution in [1.82, 2.24) is 20.1 Å². The zero-order valence-electron chi connectivity index (χ0n) is 13.8. The zero-order valence-corrected chi connectivity index (χ0v) is 13.8. The largest absolute Gasteiger partial charge is 0.417 e. The van der Waals surface area contributed by atoms with E-state index in [-0.39, 0.29) is 6.54 Å². The van der Waals surface area contributed by atoms with Crippen molar-refractivity contribution in [3.05, 3.63) is 71.7 Å². The lowest BCUT2D eigenvalue weighted by atomic mass is 10.1. The van der Waals surface area contributed by atoms with E-state index in [0.717, 1.165) is 17.7 Å². The Morgan fingerprint density at radius 2 is 1.85 bits per heavy atom. The monoisotopic (exact) mass is 360 g/mol. The molecule has 0 spiro atoms. The number of pyridine rings is 1. The van der Waals surface area contributed by atoms with Crippen LogP contribution in [-0.2, 0) is 19.8 Å². The number of amides is 1.